The van der Waals surface area contributed by atoms with Crippen LogP contribution in [-0.4, -0.2) is 23.1 Å². The van der Waals surface area contributed by atoms with Gasteiger partial charge < -0.3 is 4.90 Å². The molecule has 0 aliphatic carbocycles. The Morgan fingerprint density at radius 1 is 1.15 bits per heavy atom. The quantitative estimate of drug-likeness (QED) is 0.633. The molecule has 0 N–H and O–H groups in total. The second-order valence-electron chi connectivity index (χ2n) is 5.12. The van der Waals surface area contributed by atoms with Gasteiger partial charge in [0.15, 0.2) is 0 Å². The third kappa shape index (κ3) is 3.12. The molecular formula is C16H19N3S. The molecule has 0 bridgehead atoms. The van der Waals surface area contributed by atoms with Crippen molar-refractivity contribution in [2.45, 2.75) is 30.5 Å². The van der Waals surface area contributed by atoms with Crippen LogP contribution in [0.3, 0.4) is 0 Å². The van der Waals surface area contributed by atoms with Crippen LogP contribution in [0.15, 0.2) is 41.7 Å². The molecule has 1 aromatic carbocycles. The Kier molecular flexibility index (Phi) is 4.21. The molecule has 0 unspecified atom stereocenters. The number of hydrogen-bond donors (Lipinski definition) is 0. The van der Waals surface area contributed by atoms with Crippen molar-refractivity contribution in [1.82, 2.24) is 9.97 Å². The van der Waals surface area contributed by atoms with Gasteiger partial charge in [0.05, 0.1) is 0 Å². The molecule has 0 saturated carbocycles. The van der Waals surface area contributed by atoms with Gasteiger partial charge in [-0.05, 0) is 30.9 Å². The highest BCUT2D eigenvalue weighted by molar-refractivity contribution is 7.98. The summed E-state index contributed by atoms with van der Waals surface area (Å²) in [5, 5.41) is 1.06. The first-order valence-electron chi connectivity index (χ1n) is 7.07. The highest BCUT2D eigenvalue weighted by Crippen LogP contribution is 2.26. The van der Waals surface area contributed by atoms with Gasteiger partial charge in [-0.25, -0.2) is 9.97 Å². The minimum absolute atomic E-state index is 0.961. The molecule has 1 aliphatic rings. The van der Waals surface area contributed by atoms with Crippen LogP contribution >= 0.6 is 11.8 Å². The Labute approximate surface area is 124 Å². The Bertz CT molecular complexity index is 579. The summed E-state index contributed by atoms with van der Waals surface area (Å²) in [5.41, 5.74) is 2.72. The predicted molar refractivity (Wildman–Crippen MR) is 84.2 cm³/mol. The van der Waals surface area contributed by atoms with Gasteiger partial charge in [-0.2, -0.15) is 0 Å². The fourth-order valence-corrected chi connectivity index (χ4v) is 3.39. The predicted octanol–water partition coefficient (Wildman–Crippen LogP) is 3.68. The summed E-state index contributed by atoms with van der Waals surface area (Å²) in [5.74, 6) is 2.04. The van der Waals surface area contributed by atoms with Gasteiger partial charge in [0.2, 0.25) is 0 Å². The van der Waals surface area contributed by atoms with Gasteiger partial charge in [0, 0.05) is 24.9 Å². The minimum atomic E-state index is 0.961. The second kappa shape index (κ2) is 6.27. The van der Waals surface area contributed by atoms with E-state index < -0.39 is 0 Å². The Morgan fingerprint density at radius 2 is 1.95 bits per heavy atom. The fraction of sp³-hybridized carbons (Fsp3) is 0.375. The number of anilines is 1. The van der Waals surface area contributed by atoms with Crippen LogP contribution in [-0.2, 0) is 5.75 Å². The van der Waals surface area contributed by atoms with E-state index in [1.165, 1.54) is 24.0 Å². The number of hydrogen-bond acceptors (Lipinski definition) is 4. The summed E-state index contributed by atoms with van der Waals surface area (Å²) in [6, 6.07) is 10.6. The standard InChI is InChI=1S/C16H19N3S/c1-13-6-2-3-7-14(13)11-20-16-10-15(17-12-18-16)19-8-4-5-9-19/h2-3,6-7,10,12H,4-5,8-9,11H2,1H3. The van der Waals surface area contributed by atoms with Crippen LogP contribution in [0.2, 0.25) is 0 Å². The van der Waals surface area contributed by atoms with Crippen molar-refractivity contribution in [2.75, 3.05) is 18.0 Å². The summed E-state index contributed by atoms with van der Waals surface area (Å²) >= 11 is 1.78. The van der Waals surface area contributed by atoms with Gasteiger partial charge in [-0.15, -0.1) is 11.8 Å². The van der Waals surface area contributed by atoms with Crippen LogP contribution in [0.1, 0.15) is 24.0 Å². The lowest BCUT2D eigenvalue weighted by atomic mass is 10.1. The van der Waals surface area contributed by atoms with Crippen molar-refractivity contribution < 1.29 is 0 Å². The zero-order valence-corrected chi connectivity index (χ0v) is 12.6. The first-order chi connectivity index (χ1) is 9.83. The molecule has 0 spiro atoms. The lowest BCUT2D eigenvalue weighted by molar-refractivity contribution is 0.908. The molecule has 20 heavy (non-hydrogen) atoms. The average Bonchev–Trinajstić information content (AvgIpc) is 3.01. The molecule has 4 heteroatoms. The van der Waals surface area contributed by atoms with E-state index in [-0.39, 0.29) is 0 Å². The van der Waals surface area contributed by atoms with Crippen LogP contribution in [0.5, 0.6) is 0 Å². The Morgan fingerprint density at radius 3 is 2.75 bits per heavy atom. The lowest BCUT2D eigenvalue weighted by Gasteiger charge is -2.16. The van der Waals surface area contributed by atoms with Gasteiger partial charge in [0.25, 0.3) is 0 Å². The zero-order valence-electron chi connectivity index (χ0n) is 11.7. The van der Waals surface area contributed by atoms with Crippen LogP contribution < -0.4 is 4.90 Å². The third-order valence-corrected chi connectivity index (χ3v) is 4.67. The van der Waals surface area contributed by atoms with E-state index in [4.69, 9.17) is 0 Å². The summed E-state index contributed by atoms with van der Waals surface area (Å²) < 4.78 is 0. The molecule has 1 aliphatic heterocycles. The van der Waals surface area contributed by atoms with Gasteiger partial charge >= 0.3 is 0 Å². The van der Waals surface area contributed by atoms with Gasteiger partial charge in [-0.1, -0.05) is 24.3 Å². The van der Waals surface area contributed by atoms with E-state index in [0.717, 1.165) is 29.7 Å². The smallest absolute Gasteiger partial charge is 0.133 e. The van der Waals surface area contributed by atoms with E-state index in [9.17, 15) is 0 Å². The van der Waals surface area contributed by atoms with E-state index in [0.29, 0.717) is 0 Å². The number of benzene rings is 1. The number of nitrogens with zero attached hydrogens (tertiary/aromatic N) is 3. The second-order valence-corrected chi connectivity index (χ2v) is 6.12. The maximum atomic E-state index is 4.40. The van der Waals surface area contributed by atoms with E-state index in [2.05, 4.69) is 52.1 Å². The largest absolute Gasteiger partial charge is 0.356 e. The number of aromatic nitrogens is 2. The van der Waals surface area contributed by atoms with Crippen molar-refractivity contribution >= 4 is 17.6 Å². The van der Waals surface area contributed by atoms with Crippen molar-refractivity contribution in [3.05, 3.63) is 47.8 Å². The molecule has 104 valence electrons. The summed E-state index contributed by atoms with van der Waals surface area (Å²) in [6.45, 7) is 4.41. The molecule has 0 radical (unpaired) electrons. The van der Waals surface area contributed by atoms with E-state index in [1.54, 1.807) is 18.1 Å². The number of aryl methyl sites for hydroxylation is 1. The highest BCUT2D eigenvalue weighted by Gasteiger charge is 2.14. The molecule has 3 rings (SSSR count). The maximum Gasteiger partial charge on any atom is 0.133 e. The van der Waals surface area contributed by atoms with Crippen molar-refractivity contribution in [2.24, 2.45) is 0 Å². The SMILES string of the molecule is Cc1ccccc1CSc1cc(N2CCCC2)ncn1. The van der Waals surface area contributed by atoms with E-state index >= 15 is 0 Å². The normalized spacial score (nSPS) is 14.8. The first-order valence-corrected chi connectivity index (χ1v) is 8.06. The van der Waals surface area contributed by atoms with Crippen molar-refractivity contribution in [3.63, 3.8) is 0 Å². The van der Waals surface area contributed by atoms with Crippen molar-refractivity contribution in [1.29, 1.82) is 0 Å². The average molecular weight is 285 g/mol. The highest BCUT2D eigenvalue weighted by atomic mass is 32.2. The molecule has 2 aromatic rings. The van der Waals surface area contributed by atoms with Gasteiger partial charge in [0.1, 0.15) is 17.2 Å². The summed E-state index contributed by atoms with van der Waals surface area (Å²) in [4.78, 5) is 11.1. The molecule has 0 amide bonds. The Hall–Kier alpha value is -1.55. The first kappa shape index (κ1) is 13.4. The molecule has 0 atom stereocenters. The van der Waals surface area contributed by atoms with Crippen LogP contribution in [0.4, 0.5) is 5.82 Å². The molecule has 3 nitrogen and oxygen atoms in total. The van der Waals surface area contributed by atoms with Crippen LogP contribution in [0, 0.1) is 6.92 Å². The zero-order chi connectivity index (χ0) is 13.8. The Balaban J connectivity index is 1.68. The van der Waals surface area contributed by atoms with Gasteiger partial charge in [-0.3, -0.25) is 0 Å². The minimum Gasteiger partial charge on any atom is -0.356 e. The van der Waals surface area contributed by atoms with E-state index in [1.807, 2.05) is 0 Å². The molecular weight excluding hydrogens is 266 g/mol. The van der Waals surface area contributed by atoms with Crippen molar-refractivity contribution in [3.8, 4) is 0 Å². The molecule has 2 heterocycles. The topological polar surface area (TPSA) is 29.0 Å². The third-order valence-electron chi connectivity index (χ3n) is 3.69. The molecule has 1 fully saturated rings. The fourth-order valence-electron chi connectivity index (χ4n) is 2.45. The summed E-state index contributed by atoms with van der Waals surface area (Å²) in [6.07, 6.45) is 4.24. The monoisotopic (exact) mass is 285 g/mol. The van der Waals surface area contributed by atoms with Crippen LogP contribution in [0.25, 0.3) is 0 Å². The number of rotatable bonds is 4. The molecule has 1 aromatic heterocycles. The number of thioether (sulfide) groups is 1. The lowest BCUT2D eigenvalue weighted by Crippen LogP contribution is -2.18. The summed E-state index contributed by atoms with van der Waals surface area (Å²) in [7, 11) is 0. The molecule has 1 saturated heterocycles. The maximum absolute atomic E-state index is 4.40.